The third kappa shape index (κ3) is 4.75. The molecule has 1 aliphatic heterocycles. The molecule has 2 unspecified atom stereocenters. The van der Waals surface area contributed by atoms with E-state index < -0.39 is 5.97 Å². The first-order valence-electron chi connectivity index (χ1n) is 7.68. The highest BCUT2D eigenvalue weighted by Crippen LogP contribution is 2.33. The molecular weight excluding hydrogens is 282 g/mol. The largest absolute Gasteiger partial charge is 0.481 e. The molecule has 116 valence electrons. The Morgan fingerprint density at radius 1 is 1.38 bits per heavy atom. The van der Waals surface area contributed by atoms with Crippen molar-refractivity contribution in [2.45, 2.75) is 38.8 Å². The van der Waals surface area contributed by atoms with Crippen molar-refractivity contribution in [3.63, 3.8) is 0 Å². The molecule has 0 saturated carbocycles. The van der Waals surface area contributed by atoms with E-state index in [0.29, 0.717) is 12.0 Å². The number of carboxylic acid groups (broad SMARTS) is 1. The Hall–Kier alpha value is -1.00. The van der Waals surface area contributed by atoms with Crippen LogP contribution in [-0.4, -0.2) is 40.1 Å². The summed E-state index contributed by atoms with van der Waals surface area (Å²) < 4.78 is 0. The number of nitrogens with zero attached hydrogens (tertiary/aromatic N) is 1. The number of hydrogen-bond acceptors (Lipinski definition) is 3. The van der Waals surface area contributed by atoms with Crippen molar-refractivity contribution in [2.75, 3.05) is 18.1 Å². The van der Waals surface area contributed by atoms with E-state index in [1.165, 1.54) is 5.56 Å². The quantitative estimate of drug-likeness (QED) is 0.870. The lowest BCUT2D eigenvalue weighted by Crippen LogP contribution is -2.46. The zero-order valence-electron chi connectivity index (χ0n) is 12.9. The fourth-order valence-corrected chi connectivity index (χ4v) is 4.13. The Bertz CT molecular complexity index is 449. The average Bonchev–Trinajstić information content (AvgIpc) is 2.46. The van der Waals surface area contributed by atoms with Crippen LogP contribution in [0.1, 0.15) is 38.3 Å². The summed E-state index contributed by atoms with van der Waals surface area (Å²) in [6.07, 6.45) is 1.32. The van der Waals surface area contributed by atoms with Gasteiger partial charge >= 0.3 is 5.97 Å². The standard InChI is InChI=1S/C17H25NO2S/c1-13(2)10-16(14-6-4-3-5-7-14)18-8-9-21-12-15(18)11-17(19)20/h3-7,13,15-16H,8-12H2,1-2H3,(H,19,20). The molecule has 3 nitrogen and oxygen atoms in total. The first kappa shape index (κ1) is 16.4. The van der Waals surface area contributed by atoms with Crippen molar-refractivity contribution in [3.8, 4) is 0 Å². The minimum Gasteiger partial charge on any atom is -0.481 e. The van der Waals surface area contributed by atoms with E-state index in [2.05, 4.69) is 43.0 Å². The van der Waals surface area contributed by atoms with Crippen molar-refractivity contribution >= 4 is 17.7 Å². The number of hydrogen-bond donors (Lipinski definition) is 1. The molecule has 0 aliphatic carbocycles. The van der Waals surface area contributed by atoms with E-state index in [1.807, 2.05) is 17.8 Å². The fourth-order valence-electron chi connectivity index (χ4n) is 3.04. The maximum absolute atomic E-state index is 11.2. The Kier molecular flexibility index (Phi) is 6.12. The lowest BCUT2D eigenvalue weighted by Gasteiger charge is -2.41. The maximum Gasteiger partial charge on any atom is 0.304 e. The van der Waals surface area contributed by atoms with Crippen molar-refractivity contribution < 1.29 is 9.90 Å². The predicted molar refractivity (Wildman–Crippen MR) is 88.7 cm³/mol. The van der Waals surface area contributed by atoms with Gasteiger partial charge in [-0.3, -0.25) is 9.69 Å². The van der Waals surface area contributed by atoms with Crippen LogP contribution >= 0.6 is 11.8 Å². The zero-order chi connectivity index (χ0) is 15.2. The molecule has 1 heterocycles. The van der Waals surface area contributed by atoms with Gasteiger partial charge in [0.15, 0.2) is 0 Å². The van der Waals surface area contributed by atoms with Gasteiger partial charge in [-0.25, -0.2) is 0 Å². The van der Waals surface area contributed by atoms with Gasteiger partial charge in [0, 0.05) is 30.1 Å². The summed E-state index contributed by atoms with van der Waals surface area (Å²) in [5, 5.41) is 9.18. The number of aliphatic carboxylic acids is 1. The molecule has 0 radical (unpaired) electrons. The second kappa shape index (κ2) is 7.85. The van der Waals surface area contributed by atoms with Gasteiger partial charge in [-0.2, -0.15) is 11.8 Å². The van der Waals surface area contributed by atoms with Crippen LogP contribution in [0.4, 0.5) is 0 Å². The molecule has 0 spiro atoms. The minimum absolute atomic E-state index is 0.144. The fraction of sp³-hybridized carbons (Fsp3) is 0.588. The highest BCUT2D eigenvalue weighted by molar-refractivity contribution is 7.99. The highest BCUT2D eigenvalue weighted by Gasteiger charge is 2.31. The van der Waals surface area contributed by atoms with E-state index in [0.717, 1.165) is 24.5 Å². The smallest absolute Gasteiger partial charge is 0.304 e. The summed E-state index contributed by atoms with van der Waals surface area (Å²) >= 11 is 1.88. The van der Waals surface area contributed by atoms with Crippen LogP contribution in [0, 0.1) is 5.92 Å². The van der Waals surface area contributed by atoms with Crippen LogP contribution in [-0.2, 0) is 4.79 Å². The molecule has 1 N–H and O–H groups in total. The normalized spacial score (nSPS) is 21.4. The van der Waals surface area contributed by atoms with Crippen LogP contribution in [0.25, 0.3) is 0 Å². The molecule has 4 heteroatoms. The highest BCUT2D eigenvalue weighted by atomic mass is 32.2. The van der Waals surface area contributed by atoms with E-state index >= 15 is 0 Å². The van der Waals surface area contributed by atoms with Crippen LogP contribution < -0.4 is 0 Å². The van der Waals surface area contributed by atoms with Gasteiger partial charge in [-0.15, -0.1) is 0 Å². The second-order valence-electron chi connectivity index (χ2n) is 6.12. The van der Waals surface area contributed by atoms with Gasteiger partial charge < -0.3 is 5.11 Å². The van der Waals surface area contributed by atoms with E-state index in [1.54, 1.807) is 0 Å². The summed E-state index contributed by atoms with van der Waals surface area (Å²) in [6, 6.07) is 11.0. The molecule has 2 atom stereocenters. The van der Waals surface area contributed by atoms with Gasteiger partial charge in [0.25, 0.3) is 0 Å². The van der Waals surface area contributed by atoms with Crippen molar-refractivity contribution in [2.24, 2.45) is 5.92 Å². The molecule has 1 fully saturated rings. The molecule has 0 aromatic heterocycles. The third-order valence-corrected chi connectivity index (χ3v) is 5.05. The molecule has 0 amide bonds. The third-order valence-electron chi connectivity index (χ3n) is 3.96. The number of thioether (sulfide) groups is 1. The average molecular weight is 307 g/mol. The molecule has 1 aromatic rings. The molecule has 1 aliphatic rings. The summed E-state index contributed by atoms with van der Waals surface area (Å²) in [6.45, 7) is 5.45. The summed E-state index contributed by atoms with van der Waals surface area (Å²) in [4.78, 5) is 13.6. The molecule has 21 heavy (non-hydrogen) atoms. The van der Waals surface area contributed by atoms with Crippen molar-refractivity contribution in [1.82, 2.24) is 4.90 Å². The molecule has 2 rings (SSSR count). The molecule has 1 aromatic carbocycles. The lowest BCUT2D eigenvalue weighted by atomic mass is 9.94. The van der Waals surface area contributed by atoms with Gasteiger partial charge in [0.1, 0.15) is 0 Å². The van der Waals surface area contributed by atoms with Gasteiger partial charge in [-0.1, -0.05) is 44.2 Å². The molecular formula is C17H25NO2S. The Morgan fingerprint density at radius 2 is 2.10 bits per heavy atom. The lowest BCUT2D eigenvalue weighted by molar-refractivity contribution is -0.138. The van der Waals surface area contributed by atoms with Crippen molar-refractivity contribution in [1.29, 1.82) is 0 Å². The predicted octanol–water partition coefficient (Wildman–Crippen LogP) is 3.67. The van der Waals surface area contributed by atoms with Crippen LogP contribution in [0.15, 0.2) is 30.3 Å². The van der Waals surface area contributed by atoms with E-state index in [-0.39, 0.29) is 12.5 Å². The van der Waals surface area contributed by atoms with Crippen LogP contribution in [0.3, 0.4) is 0 Å². The number of rotatable bonds is 6. The first-order chi connectivity index (χ1) is 10.1. The van der Waals surface area contributed by atoms with Crippen molar-refractivity contribution in [3.05, 3.63) is 35.9 Å². The van der Waals surface area contributed by atoms with Crippen LogP contribution in [0.2, 0.25) is 0 Å². The number of carboxylic acids is 1. The number of benzene rings is 1. The summed E-state index contributed by atoms with van der Waals surface area (Å²) in [5.41, 5.74) is 1.31. The molecule has 1 saturated heterocycles. The van der Waals surface area contributed by atoms with E-state index in [4.69, 9.17) is 0 Å². The second-order valence-corrected chi connectivity index (χ2v) is 7.27. The van der Waals surface area contributed by atoms with Gasteiger partial charge in [0.2, 0.25) is 0 Å². The first-order valence-corrected chi connectivity index (χ1v) is 8.83. The van der Waals surface area contributed by atoms with Gasteiger partial charge in [0.05, 0.1) is 6.42 Å². The monoisotopic (exact) mass is 307 g/mol. The Morgan fingerprint density at radius 3 is 2.71 bits per heavy atom. The topological polar surface area (TPSA) is 40.5 Å². The SMILES string of the molecule is CC(C)CC(c1ccccc1)N1CCSCC1CC(=O)O. The van der Waals surface area contributed by atoms with E-state index in [9.17, 15) is 9.90 Å². The number of carbonyl (C=O) groups is 1. The minimum atomic E-state index is -0.691. The van der Waals surface area contributed by atoms with Gasteiger partial charge in [-0.05, 0) is 17.9 Å². The zero-order valence-corrected chi connectivity index (χ0v) is 13.7. The summed E-state index contributed by atoms with van der Waals surface area (Å²) in [5.74, 6) is 1.92. The summed E-state index contributed by atoms with van der Waals surface area (Å²) in [7, 11) is 0. The Balaban J connectivity index is 2.22. The molecule has 0 bridgehead atoms. The maximum atomic E-state index is 11.2. The Labute approximate surface area is 131 Å². The van der Waals surface area contributed by atoms with Crippen LogP contribution in [0.5, 0.6) is 0 Å².